The van der Waals surface area contributed by atoms with Crippen LogP contribution in [0.1, 0.15) is 41.0 Å². The number of imide groups is 2. The van der Waals surface area contributed by atoms with Crippen molar-refractivity contribution in [3.8, 4) is 5.75 Å². The van der Waals surface area contributed by atoms with Crippen LogP contribution in [0.5, 0.6) is 5.75 Å². The van der Waals surface area contributed by atoms with Gasteiger partial charge in [-0.05, 0) is 67.5 Å². The van der Waals surface area contributed by atoms with Crippen molar-refractivity contribution in [2.75, 3.05) is 10.3 Å². The minimum absolute atomic E-state index is 0.0262. The molecule has 53 heavy (non-hydrogen) atoms. The number of aromatic hydroxyl groups is 1. The fourth-order valence-electron chi connectivity index (χ4n) is 9.23. The molecule has 6 atom stereocenters. The number of hydrazine groups is 1. The highest BCUT2D eigenvalue weighted by Crippen LogP contribution is 2.65. The van der Waals surface area contributed by atoms with Crippen LogP contribution in [-0.2, 0) is 31.0 Å². The van der Waals surface area contributed by atoms with Crippen molar-refractivity contribution in [2.24, 2.45) is 23.7 Å². The monoisotopic (exact) mass is 708 g/mol. The number of allylic oxidation sites excluding steroid dienone is 3. The number of aryl methyl sites for hydroxylation is 1. The summed E-state index contributed by atoms with van der Waals surface area (Å²) in [4.78, 5) is 70.6. The molecule has 4 aromatic carbocycles. The number of phenols is 1. The molecule has 4 amide bonds. The molecular weight excluding hydrogens is 672 g/mol. The summed E-state index contributed by atoms with van der Waals surface area (Å²) in [5.41, 5.74) is 5.49. The van der Waals surface area contributed by atoms with E-state index in [0.29, 0.717) is 34.4 Å². The fourth-order valence-corrected chi connectivity index (χ4v) is 9.23. The number of non-ortho nitro benzene ring substituents is 1. The third kappa shape index (κ3) is 5.02. The number of rotatable bonds is 8. The topological polar surface area (TPSA) is 150 Å². The minimum Gasteiger partial charge on any atom is -0.507 e. The maximum atomic E-state index is 15.3. The van der Waals surface area contributed by atoms with Crippen LogP contribution in [0, 0.1) is 40.7 Å². The second-order valence-electron chi connectivity index (χ2n) is 14.2. The Hall–Kier alpha value is -6.36. The minimum atomic E-state index is -1.53. The van der Waals surface area contributed by atoms with E-state index in [9.17, 15) is 29.6 Å². The predicted octanol–water partition coefficient (Wildman–Crippen LogP) is 6.53. The molecule has 2 saturated heterocycles. The lowest BCUT2D eigenvalue weighted by molar-refractivity contribution is -0.384. The summed E-state index contributed by atoms with van der Waals surface area (Å²) in [6, 6.07) is 27.1. The van der Waals surface area contributed by atoms with Gasteiger partial charge in [0.05, 0.1) is 39.5 Å². The molecule has 6 unspecified atom stereocenters. The van der Waals surface area contributed by atoms with E-state index in [-0.39, 0.29) is 30.0 Å². The molecule has 1 saturated carbocycles. The van der Waals surface area contributed by atoms with Gasteiger partial charge in [0, 0.05) is 23.6 Å². The summed E-state index contributed by atoms with van der Waals surface area (Å²) in [5, 5.41) is 24.4. The molecule has 2 aliphatic carbocycles. The number of fused-ring (bicyclic) bond motifs is 4. The molecule has 0 bridgehead atoms. The SMILES string of the molecule is C=CCc1cccc(C2C3=CCC4C(=O)N(c5ccc([N+](=O)[O-])cc5)C(=O)C4C3CC3C(=O)N(Nc4ccc(C)cc4)C(=O)C32c2ccccc2)c1O. The highest BCUT2D eigenvalue weighted by atomic mass is 16.6. The molecule has 266 valence electrons. The van der Waals surface area contributed by atoms with Gasteiger partial charge >= 0.3 is 0 Å². The second kappa shape index (κ2) is 12.7. The number of carbonyl (C=O) groups is 4. The maximum Gasteiger partial charge on any atom is 0.269 e. The van der Waals surface area contributed by atoms with Gasteiger partial charge in [0.1, 0.15) is 5.75 Å². The summed E-state index contributed by atoms with van der Waals surface area (Å²) in [5.74, 6) is -6.01. The Labute approximate surface area is 305 Å². The van der Waals surface area contributed by atoms with E-state index in [1.165, 1.54) is 24.3 Å². The van der Waals surface area contributed by atoms with Crippen molar-refractivity contribution in [2.45, 2.75) is 37.5 Å². The third-order valence-corrected chi connectivity index (χ3v) is 11.5. The first kappa shape index (κ1) is 33.8. The number of anilines is 2. The van der Waals surface area contributed by atoms with Gasteiger partial charge in [0.15, 0.2) is 0 Å². The zero-order valence-corrected chi connectivity index (χ0v) is 28.8. The van der Waals surface area contributed by atoms with Crippen LogP contribution in [0.3, 0.4) is 0 Å². The molecule has 0 aromatic heterocycles. The summed E-state index contributed by atoms with van der Waals surface area (Å²) in [6.45, 7) is 5.79. The highest BCUT2D eigenvalue weighted by Gasteiger charge is 2.70. The number of nitrogens with zero attached hydrogens (tertiary/aromatic N) is 3. The number of hydrogen-bond donors (Lipinski definition) is 2. The van der Waals surface area contributed by atoms with Gasteiger partial charge in [0.25, 0.3) is 17.5 Å². The quantitative estimate of drug-likeness (QED) is 0.0909. The summed E-state index contributed by atoms with van der Waals surface area (Å²) in [7, 11) is 0. The second-order valence-corrected chi connectivity index (χ2v) is 14.2. The van der Waals surface area contributed by atoms with Gasteiger partial charge < -0.3 is 5.11 Å². The average molecular weight is 709 g/mol. The van der Waals surface area contributed by atoms with Gasteiger partial charge in [-0.2, -0.15) is 5.01 Å². The summed E-state index contributed by atoms with van der Waals surface area (Å²) >= 11 is 0. The molecule has 2 heterocycles. The van der Waals surface area contributed by atoms with E-state index in [4.69, 9.17) is 0 Å². The van der Waals surface area contributed by atoms with Crippen LogP contribution >= 0.6 is 0 Å². The van der Waals surface area contributed by atoms with Crippen molar-refractivity contribution >= 4 is 40.7 Å². The number of carbonyl (C=O) groups excluding carboxylic acids is 4. The molecule has 11 nitrogen and oxygen atoms in total. The number of para-hydroxylation sites is 1. The molecule has 0 radical (unpaired) electrons. The number of nitro groups is 1. The van der Waals surface area contributed by atoms with Crippen LogP contribution in [-0.4, -0.2) is 38.7 Å². The van der Waals surface area contributed by atoms with Crippen molar-refractivity contribution in [1.82, 2.24) is 5.01 Å². The third-order valence-electron chi connectivity index (χ3n) is 11.5. The Morgan fingerprint density at radius 3 is 2.30 bits per heavy atom. The van der Waals surface area contributed by atoms with Crippen molar-refractivity contribution < 1.29 is 29.2 Å². The van der Waals surface area contributed by atoms with Crippen LogP contribution in [0.25, 0.3) is 0 Å². The van der Waals surface area contributed by atoms with E-state index in [1.807, 2.05) is 61.5 Å². The van der Waals surface area contributed by atoms with Crippen LogP contribution in [0.15, 0.2) is 121 Å². The normalized spacial score (nSPS) is 26.1. The number of amides is 4. The molecule has 8 rings (SSSR count). The standard InChI is InChI=1S/C42H36N4O7/c1-3-8-25-9-7-12-32(37(25)47)36-30-21-22-31-35(40(50)44(38(31)48)28-17-19-29(20-18-28)46(52)53)33(30)23-34-39(49)45(43-27-15-13-24(2)14-16-27)41(51)42(34,36)26-10-5-4-6-11-26/h3-7,9-21,31,33-36,43,47H,1,8,22-23H2,2H3. The van der Waals surface area contributed by atoms with Crippen LogP contribution in [0.2, 0.25) is 0 Å². The molecule has 2 N–H and O–H groups in total. The fraction of sp³-hybridized carbons (Fsp3) is 0.238. The molecular formula is C42H36N4O7. The lowest BCUT2D eigenvalue weighted by Gasteiger charge is -2.50. The largest absolute Gasteiger partial charge is 0.507 e. The van der Waals surface area contributed by atoms with Crippen molar-refractivity contribution in [3.63, 3.8) is 0 Å². The van der Waals surface area contributed by atoms with Gasteiger partial charge in [-0.3, -0.25) is 39.6 Å². The Morgan fingerprint density at radius 1 is 0.906 bits per heavy atom. The highest BCUT2D eigenvalue weighted by molar-refractivity contribution is 6.22. The molecule has 0 spiro atoms. The average Bonchev–Trinajstić information content (AvgIpc) is 3.54. The molecule has 2 aliphatic heterocycles. The van der Waals surface area contributed by atoms with E-state index in [0.717, 1.165) is 15.5 Å². The van der Waals surface area contributed by atoms with Gasteiger partial charge in [-0.25, -0.2) is 0 Å². The Balaban J connectivity index is 1.31. The van der Waals surface area contributed by atoms with Crippen LogP contribution < -0.4 is 10.3 Å². The number of hydrogen-bond acceptors (Lipinski definition) is 8. The Morgan fingerprint density at radius 2 is 1.62 bits per heavy atom. The lowest BCUT2D eigenvalue weighted by Crippen LogP contribution is -2.53. The van der Waals surface area contributed by atoms with Gasteiger partial charge in [-0.15, -0.1) is 6.58 Å². The van der Waals surface area contributed by atoms with E-state index in [1.54, 1.807) is 30.3 Å². The molecule has 4 aliphatic rings. The molecule has 4 aromatic rings. The van der Waals surface area contributed by atoms with E-state index < -0.39 is 63.6 Å². The number of benzene rings is 4. The lowest BCUT2D eigenvalue weighted by atomic mass is 9.49. The Kier molecular flexibility index (Phi) is 8.09. The van der Waals surface area contributed by atoms with Crippen LogP contribution in [0.4, 0.5) is 17.1 Å². The van der Waals surface area contributed by atoms with Gasteiger partial charge in [-0.1, -0.05) is 84.0 Å². The number of nitrogens with one attached hydrogen (secondary N) is 1. The summed E-state index contributed by atoms with van der Waals surface area (Å²) in [6.07, 6.45) is 4.24. The van der Waals surface area contributed by atoms with Gasteiger partial charge in [0.2, 0.25) is 11.8 Å². The first-order valence-electron chi connectivity index (χ1n) is 17.6. The number of phenolic OH excluding ortho intramolecular Hbond substituents is 1. The first-order valence-corrected chi connectivity index (χ1v) is 17.6. The van der Waals surface area contributed by atoms with Crippen molar-refractivity contribution in [1.29, 1.82) is 0 Å². The van der Waals surface area contributed by atoms with Crippen molar-refractivity contribution in [3.05, 3.63) is 154 Å². The first-order chi connectivity index (χ1) is 25.6. The summed E-state index contributed by atoms with van der Waals surface area (Å²) < 4.78 is 0. The molecule has 11 heteroatoms. The zero-order valence-electron chi connectivity index (χ0n) is 28.8. The maximum absolute atomic E-state index is 15.3. The Bertz CT molecular complexity index is 2230. The van der Waals surface area contributed by atoms with E-state index >= 15 is 4.79 Å². The number of nitro benzene ring substituents is 1. The smallest absolute Gasteiger partial charge is 0.269 e. The zero-order chi connectivity index (χ0) is 37.2. The van der Waals surface area contributed by atoms with E-state index in [2.05, 4.69) is 12.0 Å². The molecule has 3 fully saturated rings. The predicted molar refractivity (Wildman–Crippen MR) is 196 cm³/mol.